The molecule has 6 nitrogen and oxygen atoms in total. The number of fused-ring (bicyclic) bond motifs is 6. The van der Waals surface area contributed by atoms with Gasteiger partial charge in [-0.05, 0) is 103 Å². The predicted molar refractivity (Wildman–Crippen MR) is 144 cm³/mol. The van der Waals surface area contributed by atoms with Crippen LogP contribution in [0.3, 0.4) is 0 Å². The van der Waals surface area contributed by atoms with Crippen molar-refractivity contribution in [2.45, 2.75) is 77.2 Å². The Labute approximate surface area is 225 Å². The van der Waals surface area contributed by atoms with Crippen molar-refractivity contribution >= 4 is 11.7 Å². The summed E-state index contributed by atoms with van der Waals surface area (Å²) in [5.41, 5.74) is 3.76. The monoisotopic (exact) mass is 517 g/mol. The Kier molecular flexibility index (Phi) is 6.83. The van der Waals surface area contributed by atoms with Crippen molar-refractivity contribution in [3.05, 3.63) is 53.1 Å². The summed E-state index contributed by atoms with van der Waals surface area (Å²) in [6.07, 6.45) is 8.48. The molecule has 1 N–H and O–H groups in total. The Balaban J connectivity index is 1.03. The van der Waals surface area contributed by atoms with E-state index in [0.717, 1.165) is 74.2 Å². The molecule has 2 saturated carbocycles. The molecular weight excluding hydrogens is 478 g/mol. The maximum Gasteiger partial charge on any atom is 0.231 e. The van der Waals surface area contributed by atoms with Crippen LogP contribution in [0, 0.1) is 23.2 Å². The van der Waals surface area contributed by atoms with Crippen LogP contribution in [-0.4, -0.2) is 25.6 Å². The molecule has 4 aliphatic rings. The van der Waals surface area contributed by atoms with Gasteiger partial charge < -0.3 is 19.5 Å². The fraction of sp³-hybridized carbons (Fsp3) is 0.562. The summed E-state index contributed by atoms with van der Waals surface area (Å²) in [7, 11) is 1.73. The number of ketones is 1. The van der Waals surface area contributed by atoms with Gasteiger partial charge >= 0.3 is 0 Å². The van der Waals surface area contributed by atoms with E-state index in [1.807, 2.05) is 18.2 Å². The summed E-state index contributed by atoms with van der Waals surface area (Å²) < 4.78 is 16.2. The Bertz CT molecular complexity index is 1220. The summed E-state index contributed by atoms with van der Waals surface area (Å²) in [4.78, 5) is 25.8. The Morgan fingerprint density at radius 1 is 1.11 bits per heavy atom. The molecule has 1 heterocycles. The van der Waals surface area contributed by atoms with Crippen LogP contribution >= 0.6 is 0 Å². The van der Waals surface area contributed by atoms with Crippen molar-refractivity contribution in [1.82, 2.24) is 5.32 Å². The lowest BCUT2D eigenvalue weighted by Gasteiger charge is -2.50. The first-order valence-electron chi connectivity index (χ1n) is 14.3. The highest BCUT2D eigenvalue weighted by atomic mass is 16.7. The van der Waals surface area contributed by atoms with Gasteiger partial charge in [-0.2, -0.15) is 0 Å². The third kappa shape index (κ3) is 4.56. The first-order valence-corrected chi connectivity index (χ1v) is 14.3. The molecule has 2 aromatic carbocycles. The second-order valence-electron chi connectivity index (χ2n) is 12.0. The van der Waals surface area contributed by atoms with E-state index in [1.54, 1.807) is 7.11 Å². The fourth-order valence-electron chi connectivity index (χ4n) is 8.04. The topological polar surface area (TPSA) is 73.9 Å². The number of amides is 1. The lowest BCUT2D eigenvalue weighted by Crippen LogP contribution is -2.44. The molecule has 202 valence electrons. The third-order valence-electron chi connectivity index (χ3n) is 9.93. The number of carbonyl (C=O) groups excluding carboxylic acids is 2. The van der Waals surface area contributed by atoms with E-state index in [9.17, 15) is 9.59 Å². The molecule has 2 fully saturated rings. The lowest BCUT2D eigenvalue weighted by atomic mass is 9.54. The molecule has 0 saturated heterocycles. The average molecular weight is 518 g/mol. The van der Waals surface area contributed by atoms with E-state index in [1.165, 1.54) is 11.1 Å². The zero-order valence-electron chi connectivity index (χ0n) is 22.6. The first-order chi connectivity index (χ1) is 18.5. The maximum atomic E-state index is 13.3. The van der Waals surface area contributed by atoms with Crippen molar-refractivity contribution in [2.24, 2.45) is 23.2 Å². The molecule has 5 unspecified atom stereocenters. The van der Waals surface area contributed by atoms with Crippen LogP contribution in [-0.2, 0) is 22.6 Å². The van der Waals surface area contributed by atoms with Crippen molar-refractivity contribution in [2.75, 3.05) is 13.9 Å². The number of methoxy groups -OCH3 is 1. The summed E-state index contributed by atoms with van der Waals surface area (Å²) in [5, 5.41) is 3.03. The Morgan fingerprint density at radius 3 is 2.84 bits per heavy atom. The normalized spacial score (nSPS) is 28.8. The minimum atomic E-state index is -0.169. The van der Waals surface area contributed by atoms with E-state index < -0.39 is 0 Å². The van der Waals surface area contributed by atoms with E-state index in [0.29, 0.717) is 42.4 Å². The van der Waals surface area contributed by atoms with Crippen molar-refractivity contribution in [3.63, 3.8) is 0 Å². The molecule has 0 bridgehead atoms. The Morgan fingerprint density at radius 2 is 1.97 bits per heavy atom. The van der Waals surface area contributed by atoms with Crippen LogP contribution in [0.15, 0.2) is 36.4 Å². The van der Waals surface area contributed by atoms with Gasteiger partial charge in [0, 0.05) is 24.8 Å². The van der Waals surface area contributed by atoms with E-state index >= 15 is 0 Å². The quantitative estimate of drug-likeness (QED) is 0.438. The smallest absolute Gasteiger partial charge is 0.231 e. The van der Waals surface area contributed by atoms with Gasteiger partial charge in [0.05, 0.1) is 7.11 Å². The minimum Gasteiger partial charge on any atom is -0.497 e. The minimum absolute atomic E-state index is 0.0760. The van der Waals surface area contributed by atoms with Crippen molar-refractivity contribution in [3.8, 4) is 17.2 Å². The largest absolute Gasteiger partial charge is 0.497 e. The fourth-order valence-corrected chi connectivity index (χ4v) is 8.04. The van der Waals surface area contributed by atoms with Gasteiger partial charge in [0.15, 0.2) is 11.5 Å². The molecule has 0 radical (unpaired) electrons. The number of hydrogen-bond acceptors (Lipinski definition) is 5. The predicted octanol–water partition coefficient (Wildman–Crippen LogP) is 5.95. The summed E-state index contributed by atoms with van der Waals surface area (Å²) in [6, 6.07) is 12.4. The summed E-state index contributed by atoms with van der Waals surface area (Å²) in [5.74, 6) is 5.02. The second-order valence-corrected chi connectivity index (χ2v) is 12.0. The van der Waals surface area contributed by atoms with Gasteiger partial charge in [-0.25, -0.2) is 0 Å². The number of Topliss-reactive ketones (excluding diaryl/α,β-unsaturated/α-hetero) is 1. The van der Waals surface area contributed by atoms with Crippen LogP contribution in [0.25, 0.3) is 0 Å². The number of hydrogen-bond donors (Lipinski definition) is 1. The molecule has 3 aliphatic carbocycles. The number of rotatable bonds is 8. The summed E-state index contributed by atoms with van der Waals surface area (Å²) >= 11 is 0. The van der Waals surface area contributed by atoms with E-state index in [4.69, 9.17) is 14.2 Å². The number of aryl methyl sites for hydroxylation is 1. The van der Waals surface area contributed by atoms with Gasteiger partial charge in [0.1, 0.15) is 11.5 Å². The van der Waals surface area contributed by atoms with Crippen LogP contribution in [0.1, 0.15) is 80.9 Å². The molecule has 0 spiro atoms. The highest BCUT2D eigenvalue weighted by Crippen LogP contribution is 2.62. The van der Waals surface area contributed by atoms with Gasteiger partial charge in [0.25, 0.3) is 0 Å². The number of nitrogens with one attached hydrogen (secondary N) is 1. The van der Waals surface area contributed by atoms with E-state index in [-0.39, 0.29) is 18.1 Å². The molecule has 1 amide bonds. The number of carbonyl (C=O) groups is 2. The second kappa shape index (κ2) is 10.3. The van der Waals surface area contributed by atoms with Gasteiger partial charge in [-0.3, -0.25) is 9.59 Å². The van der Waals surface area contributed by atoms with Crippen molar-refractivity contribution in [1.29, 1.82) is 0 Å². The molecule has 6 heteroatoms. The molecule has 0 aromatic heterocycles. The molecule has 38 heavy (non-hydrogen) atoms. The number of benzene rings is 2. The number of ether oxygens (including phenoxy) is 3. The molecule has 2 aromatic rings. The highest BCUT2D eigenvalue weighted by molar-refractivity contribution is 5.87. The molecule has 1 aliphatic heterocycles. The van der Waals surface area contributed by atoms with Crippen LogP contribution in [0.2, 0.25) is 0 Å². The van der Waals surface area contributed by atoms with Gasteiger partial charge in [-0.1, -0.05) is 25.5 Å². The van der Waals surface area contributed by atoms with Gasteiger partial charge in [0.2, 0.25) is 12.7 Å². The zero-order chi connectivity index (χ0) is 26.3. The van der Waals surface area contributed by atoms with E-state index in [2.05, 4.69) is 30.4 Å². The van der Waals surface area contributed by atoms with Gasteiger partial charge in [-0.15, -0.1) is 0 Å². The lowest BCUT2D eigenvalue weighted by molar-refractivity contribution is -0.129. The van der Waals surface area contributed by atoms with Crippen LogP contribution in [0.5, 0.6) is 17.2 Å². The Hall–Kier alpha value is -3.02. The molecule has 6 rings (SSSR count). The first kappa shape index (κ1) is 25.3. The molecule has 5 atom stereocenters. The van der Waals surface area contributed by atoms with Crippen LogP contribution < -0.4 is 19.5 Å². The zero-order valence-corrected chi connectivity index (χ0v) is 22.6. The van der Waals surface area contributed by atoms with Crippen LogP contribution in [0.4, 0.5) is 0 Å². The maximum absolute atomic E-state index is 13.3. The standard InChI is InChI=1S/C32H39NO5/c1-32-14-13-25-24-11-9-23(36-2)16-21(24)8-10-26(25)31(32)22(17-29(32)34)5-3-4-6-30(35)33-18-20-7-12-27-28(15-20)38-19-37-27/h7,9,11-12,15-16,22,25-26,31H,3-6,8,10,13-14,17-19H2,1-2H3,(H,33,35). The highest BCUT2D eigenvalue weighted by Gasteiger charge is 2.58. The summed E-state index contributed by atoms with van der Waals surface area (Å²) in [6.45, 7) is 2.99. The molecular formula is C32H39NO5. The third-order valence-corrected chi connectivity index (χ3v) is 9.93. The SMILES string of the molecule is COc1ccc2c(c1)CCC1C2CCC2(C)C(=O)CC(CCCCC(=O)NCc3ccc4c(c3)OCO4)C12. The number of unbranched alkanes of at least 4 members (excludes halogenated alkanes) is 1. The average Bonchev–Trinajstić information content (AvgIpc) is 3.50. The van der Waals surface area contributed by atoms with Crippen molar-refractivity contribution < 1.29 is 23.8 Å².